The van der Waals surface area contributed by atoms with Crippen molar-refractivity contribution in [1.29, 1.82) is 0 Å². The van der Waals surface area contributed by atoms with Gasteiger partial charge in [-0.1, -0.05) is 36.7 Å². The molecule has 0 aliphatic heterocycles. The van der Waals surface area contributed by atoms with E-state index in [-0.39, 0.29) is 0 Å². The molecule has 0 aromatic carbocycles. The SMILES string of the molecule is CC(C)(C)C(Br)(C(=O)O)C(=O)O. The normalized spacial score (nSPS) is 12.7. The van der Waals surface area contributed by atoms with E-state index in [0.717, 1.165) is 0 Å². The van der Waals surface area contributed by atoms with Crippen molar-refractivity contribution in [2.24, 2.45) is 5.41 Å². The van der Waals surface area contributed by atoms with Gasteiger partial charge in [0, 0.05) is 0 Å². The third-order valence-corrected chi connectivity index (χ3v) is 3.49. The van der Waals surface area contributed by atoms with Crippen LogP contribution < -0.4 is 0 Å². The first-order valence-electron chi connectivity index (χ1n) is 3.29. The van der Waals surface area contributed by atoms with E-state index in [2.05, 4.69) is 15.9 Å². The van der Waals surface area contributed by atoms with Crippen LogP contribution in [-0.2, 0) is 9.59 Å². The number of alkyl halides is 1. The first-order chi connectivity index (χ1) is 5.14. The molecule has 12 heavy (non-hydrogen) atoms. The first-order valence-corrected chi connectivity index (χ1v) is 4.09. The van der Waals surface area contributed by atoms with Crippen molar-refractivity contribution in [2.75, 3.05) is 0 Å². The van der Waals surface area contributed by atoms with Crippen LogP contribution in [-0.4, -0.2) is 26.5 Å². The van der Waals surface area contributed by atoms with E-state index in [0.29, 0.717) is 0 Å². The molecule has 0 rings (SSSR count). The predicted octanol–water partition coefficient (Wildman–Crippen LogP) is 1.34. The molecule has 0 heterocycles. The molecule has 0 atom stereocenters. The zero-order valence-electron chi connectivity index (χ0n) is 7.09. The Morgan fingerprint density at radius 1 is 1.08 bits per heavy atom. The Morgan fingerprint density at radius 3 is 1.33 bits per heavy atom. The highest BCUT2D eigenvalue weighted by Gasteiger charge is 2.53. The summed E-state index contributed by atoms with van der Waals surface area (Å²) in [6, 6.07) is 0. The van der Waals surface area contributed by atoms with Crippen molar-refractivity contribution in [2.45, 2.75) is 25.1 Å². The Kier molecular flexibility index (Phi) is 2.90. The minimum atomic E-state index is -1.92. The molecule has 5 heteroatoms. The quantitative estimate of drug-likeness (QED) is 0.563. The largest absolute Gasteiger partial charge is 0.480 e. The maximum Gasteiger partial charge on any atom is 0.332 e. The van der Waals surface area contributed by atoms with Gasteiger partial charge in [-0.2, -0.15) is 0 Å². The first kappa shape index (κ1) is 11.4. The van der Waals surface area contributed by atoms with E-state index in [9.17, 15) is 9.59 Å². The molecule has 0 aliphatic rings. The highest BCUT2D eigenvalue weighted by Crippen LogP contribution is 2.38. The molecule has 0 aliphatic carbocycles. The summed E-state index contributed by atoms with van der Waals surface area (Å²) in [7, 11) is 0. The second kappa shape index (κ2) is 3.05. The molecule has 70 valence electrons. The molecule has 0 radical (unpaired) electrons. The van der Waals surface area contributed by atoms with Crippen LogP contribution in [0.25, 0.3) is 0 Å². The highest BCUT2D eigenvalue weighted by atomic mass is 79.9. The molecule has 0 saturated carbocycles. The fraction of sp³-hybridized carbons (Fsp3) is 0.714. The maximum absolute atomic E-state index is 10.7. The average molecular weight is 239 g/mol. The van der Waals surface area contributed by atoms with Gasteiger partial charge >= 0.3 is 11.9 Å². The van der Waals surface area contributed by atoms with E-state index >= 15 is 0 Å². The molecular formula is C7H11BrO4. The van der Waals surface area contributed by atoms with Crippen LogP contribution in [0.1, 0.15) is 20.8 Å². The fourth-order valence-corrected chi connectivity index (χ4v) is 0.733. The van der Waals surface area contributed by atoms with Crippen molar-refractivity contribution in [3.63, 3.8) is 0 Å². The third kappa shape index (κ3) is 1.60. The number of halogens is 1. The number of carbonyl (C=O) groups is 2. The lowest BCUT2D eigenvalue weighted by atomic mass is 9.80. The van der Waals surface area contributed by atoms with Crippen molar-refractivity contribution in [3.8, 4) is 0 Å². The number of aliphatic carboxylic acids is 2. The zero-order valence-corrected chi connectivity index (χ0v) is 8.67. The minimum absolute atomic E-state index is 0.884. The Bertz CT molecular complexity index is 202. The van der Waals surface area contributed by atoms with Gasteiger partial charge in [0.2, 0.25) is 4.32 Å². The number of carboxylic acid groups (broad SMARTS) is 2. The van der Waals surface area contributed by atoms with Gasteiger partial charge in [-0.05, 0) is 5.41 Å². The third-order valence-electron chi connectivity index (χ3n) is 1.62. The monoisotopic (exact) mass is 238 g/mol. The molecule has 4 nitrogen and oxygen atoms in total. The molecule has 0 aromatic heterocycles. The Morgan fingerprint density at radius 2 is 1.33 bits per heavy atom. The van der Waals surface area contributed by atoms with Crippen LogP contribution >= 0.6 is 15.9 Å². The van der Waals surface area contributed by atoms with Gasteiger partial charge in [0.25, 0.3) is 0 Å². The van der Waals surface area contributed by atoms with E-state index in [1.54, 1.807) is 20.8 Å². The summed E-state index contributed by atoms with van der Waals surface area (Å²) < 4.78 is -1.92. The van der Waals surface area contributed by atoms with E-state index in [4.69, 9.17) is 10.2 Å². The van der Waals surface area contributed by atoms with Crippen LogP contribution in [0.2, 0.25) is 0 Å². The van der Waals surface area contributed by atoms with Crippen LogP contribution in [0.15, 0.2) is 0 Å². The number of rotatable bonds is 2. The van der Waals surface area contributed by atoms with Crippen LogP contribution in [0.3, 0.4) is 0 Å². The number of hydrogen-bond donors (Lipinski definition) is 2. The summed E-state index contributed by atoms with van der Waals surface area (Å²) in [5, 5.41) is 17.4. The minimum Gasteiger partial charge on any atom is -0.480 e. The molecule has 0 unspecified atom stereocenters. The van der Waals surface area contributed by atoms with Crippen LogP contribution in [0, 0.1) is 5.41 Å². The molecule has 0 aromatic rings. The summed E-state index contributed by atoms with van der Waals surface area (Å²) in [6.07, 6.45) is 0. The lowest BCUT2D eigenvalue weighted by molar-refractivity contribution is -0.155. The number of hydrogen-bond acceptors (Lipinski definition) is 2. The van der Waals surface area contributed by atoms with E-state index in [1.807, 2.05) is 0 Å². The van der Waals surface area contributed by atoms with Crippen molar-refractivity contribution in [3.05, 3.63) is 0 Å². The average Bonchev–Trinajstić information content (AvgIpc) is 1.82. The van der Waals surface area contributed by atoms with Gasteiger partial charge in [0.05, 0.1) is 0 Å². The Labute approximate surface area is 78.7 Å². The van der Waals surface area contributed by atoms with Crippen molar-refractivity contribution < 1.29 is 19.8 Å². The number of carboxylic acids is 2. The lowest BCUT2D eigenvalue weighted by Gasteiger charge is -2.31. The summed E-state index contributed by atoms with van der Waals surface area (Å²) in [5.74, 6) is -2.77. The smallest absolute Gasteiger partial charge is 0.332 e. The van der Waals surface area contributed by atoms with Crippen molar-refractivity contribution in [1.82, 2.24) is 0 Å². The Balaban J connectivity index is 5.17. The molecule has 0 amide bonds. The predicted molar refractivity (Wildman–Crippen MR) is 46.4 cm³/mol. The van der Waals surface area contributed by atoms with Gasteiger partial charge in [-0.25, -0.2) is 0 Å². The standard InChI is InChI=1S/C7H11BrO4/c1-6(2,3)7(8,4(9)10)5(11)12/h1-3H3,(H,9,10)(H,11,12). The lowest BCUT2D eigenvalue weighted by Crippen LogP contribution is -2.51. The van der Waals surface area contributed by atoms with Gasteiger partial charge in [0.1, 0.15) is 0 Å². The van der Waals surface area contributed by atoms with Gasteiger partial charge in [0.15, 0.2) is 0 Å². The fourth-order valence-electron chi connectivity index (χ4n) is 0.733. The summed E-state index contributed by atoms with van der Waals surface area (Å²) in [5.41, 5.74) is -0.884. The molecule has 0 bridgehead atoms. The maximum atomic E-state index is 10.7. The topological polar surface area (TPSA) is 74.6 Å². The molecule has 2 N–H and O–H groups in total. The van der Waals surface area contributed by atoms with Gasteiger partial charge in [-0.3, -0.25) is 9.59 Å². The van der Waals surface area contributed by atoms with Gasteiger partial charge < -0.3 is 10.2 Å². The summed E-state index contributed by atoms with van der Waals surface area (Å²) in [6.45, 7) is 4.64. The summed E-state index contributed by atoms with van der Waals surface area (Å²) in [4.78, 5) is 21.4. The van der Waals surface area contributed by atoms with Crippen LogP contribution in [0.4, 0.5) is 0 Å². The summed E-state index contributed by atoms with van der Waals surface area (Å²) >= 11 is 2.74. The molecule has 0 spiro atoms. The zero-order chi connectivity index (χ0) is 10.2. The van der Waals surface area contributed by atoms with E-state index in [1.165, 1.54) is 0 Å². The molecule has 0 fully saturated rings. The van der Waals surface area contributed by atoms with Crippen molar-refractivity contribution >= 4 is 27.9 Å². The highest BCUT2D eigenvalue weighted by molar-refractivity contribution is 9.10. The van der Waals surface area contributed by atoms with E-state index < -0.39 is 21.7 Å². The molecular weight excluding hydrogens is 228 g/mol. The second-order valence-electron chi connectivity index (χ2n) is 3.52. The van der Waals surface area contributed by atoms with Gasteiger partial charge in [-0.15, -0.1) is 0 Å². The van der Waals surface area contributed by atoms with Crippen LogP contribution in [0.5, 0.6) is 0 Å². The second-order valence-corrected chi connectivity index (χ2v) is 4.71. The Hall–Kier alpha value is -0.580. The molecule has 0 saturated heterocycles.